The van der Waals surface area contributed by atoms with E-state index in [4.69, 9.17) is 5.26 Å². The van der Waals surface area contributed by atoms with Crippen LogP contribution in [0.4, 0.5) is 0 Å². The molecule has 84 valence electrons. The van der Waals surface area contributed by atoms with Gasteiger partial charge in [0.05, 0.1) is 6.07 Å². The number of rotatable bonds is 4. The number of fused-ring (bicyclic) bond motifs is 1. The molecule has 16 heavy (non-hydrogen) atoms. The van der Waals surface area contributed by atoms with E-state index in [9.17, 15) is 0 Å². The maximum Gasteiger partial charge on any atom is 0.108 e. The quantitative estimate of drug-likeness (QED) is 0.827. The van der Waals surface area contributed by atoms with Gasteiger partial charge in [0.1, 0.15) is 6.04 Å². The summed E-state index contributed by atoms with van der Waals surface area (Å²) in [6.45, 7) is 5.63. The van der Waals surface area contributed by atoms with E-state index in [0.717, 1.165) is 26.2 Å². The average Bonchev–Trinajstić information content (AvgIpc) is 2.70. The lowest BCUT2D eigenvalue weighted by molar-refractivity contribution is 0.266. The molecule has 1 unspecified atom stereocenters. The van der Waals surface area contributed by atoms with Crippen LogP contribution >= 0.6 is 0 Å². The molecule has 0 radical (unpaired) electrons. The van der Waals surface area contributed by atoms with Gasteiger partial charge in [0.15, 0.2) is 0 Å². The molecule has 3 nitrogen and oxygen atoms in total. The number of nitrogens with zero attached hydrogens (tertiary/aromatic N) is 2. The molecule has 0 aromatic heterocycles. The molecule has 2 rings (SSSR count). The minimum absolute atomic E-state index is 0.0562. The van der Waals surface area contributed by atoms with Gasteiger partial charge in [0, 0.05) is 19.6 Å². The van der Waals surface area contributed by atoms with Crippen molar-refractivity contribution in [3.63, 3.8) is 0 Å². The Bertz CT molecular complexity index is 369. The molecular weight excluding hydrogens is 198 g/mol. The third-order valence-corrected chi connectivity index (χ3v) is 2.95. The van der Waals surface area contributed by atoms with Gasteiger partial charge in [-0.1, -0.05) is 31.2 Å². The van der Waals surface area contributed by atoms with Crippen LogP contribution in [0, 0.1) is 11.3 Å². The van der Waals surface area contributed by atoms with Crippen molar-refractivity contribution in [3.05, 3.63) is 35.4 Å². The van der Waals surface area contributed by atoms with Crippen LogP contribution in [0.25, 0.3) is 0 Å². The van der Waals surface area contributed by atoms with E-state index in [1.807, 2.05) is 6.92 Å². The predicted octanol–water partition coefficient (Wildman–Crippen LogP) is 1.50. The van der Waals surface area contributed by atoms with Crippen LogP contribution in [-0.4, -0.2) is 24.0 Å². The number of hydrogen-bond acceptors (Lipinski definition) is 3. The second-order valence-corrected chi connectivity index (χ2v) is 4.18. The van der Waals surface area contributed by atoms with Crippen molar-refractivity contribution >= 4 is 0 Å². The number of benzene rings is 1. The topological polar surface area (TPSA) is 39.1 Å². The fourth-order valence-electron chi connectivity index (χ4n) is 2.19. The highest BCUT2D eigenvalue weighted by Crippen LogP contribution is 2.21. The first-order valence-electron chi connectivity index (χ1n) is 5.75. The van der Waals surface area contributed by atoms with Crippen LogP contribution < -0.4 is 5.32 Å². The molecule has 0 amide bonds. The minimum atomic E-state index is -0.0562. The average molecular weight is 215 g/mol. The van der Waals surface area contributed by atoms with Gasteiger partial charge in [-0.3, -0.25) is 4.90 Å². The van der Waals surface area contributed by atoms with Gasteiger partial charge in [-0.2, -0.15) is 5.26 Å². The van der Waals surface area contributed by atoms with E-state index >= 15 is 0 Å². The summed E-state index contributed by atoms with van der Waals surface area (Å²) in [7, 11) is 0. The molecule has 0 aliphatic carbocycles. The van der Waals surface area contributed by atoms with Crippen LogP contribution in [0.15, 0.2) is 24.3 Å². The van der Waals surface area contributed by atoms with E-state index in [2.05, 4.69) is 40.6 Å². The van der Waals surface area contributed by atoms with Crippen molar-refractivity contribution in [1.82, 2.24) is 10.2 Å². The number of nitrogens with one attached hydrogen (secondary N) is 1. The molecule has 1 heterocycles. The standard InChI is InChI=1S/C13H17N3/c1-2-15-13(7-14)10-16-8-11-5-3-4-6-12(11)9-16/h3-6,13,15H,2,8-10H2,1H3. The van der Waals surface area contributed by atoms with Crippen LogP contribution in [0.5, 0.6) is 0 Å². The first kappa shape index (κ1) is 11.1. The lowest BCUT2D eigenvalue weighted by Gasteiger charge is -2.18. The van der Waals surface area contributed by atoms with Crippen LogP contribution in [-0.2, 0) is 13.1 Å². The molecule has 1 N–H and O–H groups in total. The van der Waals surface area contributed by atoms with E-state index in [1.54, 1.807) is 0 Å². The zero-order chi connectivity index (χ0) is 11.4. The van der Waals surface area contributed by atoms with Gasteiger partial charge in [-0.25, -0.2) is 0 Å². The molecule has 0 spiro atoms. The van der Waals surface area contributed by atoms with Crippen LogP contribution in [0.3, 0.4) is 0 Å². The Morgan fingerprint density at radius 2 is 2.00 bits per heavy atom. The van der Waals surface area contributed by atoms with Crippen molar-refractivity contribution < 1.29 is 0 Å². The van der Waals surface area contributed by atoms with Gasteiger partial charge >= 0.3 is 0 Å². The molecule has 1 aromatic carbocycles. The highest BCUT2D eigenvalue weighted by molar-refractivity contribution is 5.30. The van der Waals surface area contributed by atoms with Gasteiger partial charge < -0.3 is 5.32 Å². The predicted molar refractivity (Wildman–Crippen MR) is 63.6 cm³/mol. The zero-order valence-corrected chi connectivity index (χ0v) is 9.61. The summed E-state index contributed by atoms with van der Waals surface area (Å²) in [6, 6.07) is 10.7. The highest BCUT2D eigenvalue weighted by atomic mass is 15.2. The van der Waals surface area contributed by atoms with Crippen LogP contribution in [0.1, 0.15) is 18.1 Å². The smallest absolute Gasteiger partial charge is 0.108 e. The molecule has 1 atom stereocenters. The third-order valence-electron chi connectivity index (χ3n) is 2.95. The highest BCUT2D eigenvalue weighted by Gasteiger charge is 2.20. The summed E-state index contributed by atoms with van der Waals surface area (Å²) in [5, 5.41) is 12.2. The van der Waals surface area contributed by atoms with E-state index in [0.29, 0.717) is 0 Å². The second-order valence-electron chi connectivity index (χ2n) is 4.18. The zero-order valence-electron chi connectivity index (χ0n) is 9.61. The fourth-order valence-corrected chi connectivity index (χ4v) is 2.19. The molecular formula is C13H17N3. The maximum atomic E-state index is 9.00. The Morgan fingerprint density at radius 3 is 2.50 bits per heavy atom. The van der Waals surface area contributed by atoms with Crippen molar-refractivity contribution in [2.24, 2.45) is 0 Å². The van der Waals surface area contributed by atoms with Crippen LogP contribution in [0.2, 0.25) is 0 Å². The molecule has 0 fully saturated rings. The molecule has 1 aliphatic heterocycles. The second kappa shape index (κ2) is 5.11. The van der Waals surface area contributed by atoms with E-state index in [1.165, 1.54) is 11.1 Å². The van der Waals surface area contributed by atoms with Gasteiger partial charge in [-0.05, 0) is 17.7 Å². The van der Waals surface area contributed by atoms with Crippen molar-refractivity contribution in [1.29, 1.82) is 5.26 Å². The first-order chi connectivity index (χ1) is 7.83. The molecule has 1 aliphatic rings. The summed E-state index contributed by atoms with van der Waals surface area (Å²) in [4.78, 5) is 2.32. The normalized spacial score (nSPS) is 16.8. The lowest BCUT2D eigenvalue weighted by Crippen LogP contribution is -2.37. The Kier molecular flexibility index (Phi) is 3.55. The van der Waals surface area contributed by atoms with Crippen molar-refractivity contribution in [2.75, 3.05) is 13.1 Å². The third kappa shape index (κ3) is 2.41. The molecule has 3 heteroatoms. The number of likely N-dealkylation sites (N-methyl/N-ethyl adjacent to an activating group) is 1. The first-order valence-corrected chi connectivity index (χ1v) is 5.75. The van der Waals surface area contributed by atoms with Gasteiger partial charge in [-0.15, -0.1) is 0 Å². The Morgan fingerprint density at radius 1 is 1.38 bits per heavy atom. The van der Waals surface area contributed by atoms with Crippen molar-refractivity contribution in [3.8, 4) is 6.07 Å². The monoisotopic (exact) mass is 215 g/mol. The van der Waals surface area contributed by atoms with Gasteiger partial charge in [0.2, 0.25) is 0 Å². The summed E-state index contributed by atoms with van der Waals surface area (Å²) >= 11 is 0. The largest absolute Gasteiger partial charge is 0.301 e. The summed E-state index contributed by atoms with van der Waals surface area (Å²) in [5.74, 6) is 0. The fraction of sp³-hybridized carbons (Fsp3) is 0.462. The number of hydrogen-bond donors (Lipinski definition) is 1. The Labute approximate surface area is 96.7 Å². The molecule has 0 bridgehead atoms. The number of nitriles is 1. The lowest BCUT2D eigenvalue weighted by atomic mass is 10.1. The Balaban J connectivity index is 1.94. The maximum absolute atomic E-state index is 9.00. The summed E-state index contributed by atoms with van der Waals surface area (Å²) in [5.41, 5.74) is 2.80. The Hall–Kier alpha value is -1.37. The van der Waals surface area contributed by atoms with E-state index in [-0.39, 0.29) is 6.04 Å². The summed E-state index contributed by atoms with van der Waals surface area (Å²) in [6.07, 6.45) is 0. The SMILES string of the molecule is CCNC(C#N)CN1Cc2ccccc2C1. The van der Waals surface area contributed by atoms with E-state index < -0.39 is 0 Å². The molecule has 0 saturated carbocycles. The minimum Gasteiger partial charge on any atom is -0.301 e. The molecule has 1 aromatic rings. The molecule has 0 saturated heterocycles. The van der Waals surface area contributed by atoms with Gasteiger partial charge in [0.25, 0.3) is 0 Å². The summed E-state index contributed by atoms with van der Waals surface area (Å²) < 4.78 is 0. The van der Waals surface area contributed by atoms with Crippen molar-refractivity contribution in [2.45, 2.75) is 26.1 Å².